The van der Waals surface area contributed by atoms with Crippen LogP contribution in [0.1, 0.15) is 34.8 Å². The van der Waals surface area contributed by atoms with E-state index in [4.69, 9.17) is 0 Å². The van der Waals surface area contributed by atoms with E-state index in [0.29, 0.717) is 0 Å². The third-order valence-electron chi connectivity index (χ3n) is 5.59. The van der Waals surface area contributed by atoms with Crippen LogP contribution in [-0.4, -0.2) is 15.9 Å². The highest BCUT2D eigenvalue weighted by atomic mass is 16.1. The number of amides is 1. The van der Waals surface area contributed by atoms with Crippen molar-refractivity contribution in [2.24, 2.45) is 5.92 Å². The first kappa shape index (κ1) is 15.4. The maximum atomic E-state index is 12.8. The largest absolute Gasteiger partial charge is 0.346 e. The molecule has 26 heavy (non-hydrogen) atoms. The number of aromatic amines is 1. The Morgan fingerprint density at radius 1 is 1.15 bits per heavy atom. The molecule has 3 aromatic rings. The average molecular weight is 343 g/mol. The van der Waals surface area contributed by atoms with Gasteiger partial charge in [-0.2, -0.15) is 0 Å². The van der Waals surface area contributed by atoms with Gasteiger partial charge in [0.05, 0.1) is 5.69 Å². The molecule has 1 atom stereocenters. The molecule has 0 saturated carbocycles. The van der Waals surface area contributed by atoms with E-state index in [0.717, 1.165) is 48.6 Å². The van der Waals surface area contributed by atoms with Crippen LogP contribution in [0.15, 0.2) is 42.5 Å². The monoisotopic (exact) mass is 343 g/mol. The second-order valence-electron chi connectivity index (χ2n) is 7.38. The molecule has 1 unspecified atom stereocenters. The Morgan fingerprint density at radius 2 is 2.00 bits per heavy atom. The lowest BCUT2D eigenvalue weighted by Crippen LogP contribution is -2.28. The van der Waals surface area contributed by atoms with E-state index >= 15 is 0 Å². The Morgan fingerprint density at radius 3 is 2.92 bits per heavy atom. The lowest BCUT2D eigenvalue weighted by Gasteiger charge is -2.20. The molecule has 1 amide bonds. The van der Waals surface area contributed by atoms with Gasteiger partial charge in [0.15, 0.2) is 0 Å². The normalized spacial score (nSPS) is 17.3. The highest BCUT2D eigenvalue weighted by Crippen LogP contribution is 2.37. The second kappa shape index (κ2) is 5.84. The number of nitrogens with zero attached hydrogens (tertiary/aromatic N) is 1. The number of hydrogen-bond acceptors (Lipinski definition) is 2. The number of rotatable bonds is 2. The molecule has 5 rings (SSSR count). The van der Waals surface area contributed by atoms with Gasteiger partial charge in [0.1, 0.15) is 5.82 Å². The molecule has 0 bridgehead atoms. The Balaban J connectivity index is 1.33. The predicted octanol–water partition coefficient (Wildman–Crippen LogP) is 4.03. The molecule has 4 heteroatoms. The summed E-state index contributed by atoms with van der Waals surface area (Å²) in [7, 11) is 0. The number of H-pyrrole nitrogens is 1. The molecule has 0 fully saturated rings. The molecule has 1 aromatic heterocycles. The molecule has 0 aliphatic heterocycles. The summed E-state index contributed by atoms with van der Waals surface area (Å²) in [5.41, 5.74) is 8.40. The number of aryl methyl sites for hydroxylation is 2. The molecule has 130 valence electrons. The fourth-order valence-corrected chi connectivity index (χ4v) is 4.31. The Kier molecular flexibility index (Phi) is 3.45. The summed E-state index contributed by atoms with van der Waals surface area (Å²) in [6.45, 7) is 1.97. The molecule has 2 aliphatic rings. The van der Waals surface area contributed by atoms with Gasteiger partial charge in [-0.15, -0.1) is 0 Å². The molecule has 2 aromatic carbocycles. The van der Waals surface area contributed by atoms with E-state index in [1.165, 1.54) is 22.3 Å². The number of carbonyl (C=O) groups is 1. The van der Waals surface area contributed by atoms with E-state index < -0.39 is 0 Å². The number of carbonyl (C=O) groups excluding carboxylic acids is 1. The van der Waals surface area contributed by atoms with Crippen LogP contribution in [-0.2, 0) is 24.1 Å². The van der Waals surface area contributed by atoms with Crippen molar-refractivity contribution in [1.29, 1.82) is 0 Å². The van der Waals surface area contributed by atoms with Crippen molar-refractivity contribution >= 4 is 11.6 Å². The topological polar surface area (TPSA) is 57.8 Å². The van der Waals surface area contributed by atoms with Crippen molar-refractivity contribution in [3.8, 4) is 11.1 Å². The summed E-state index contributed by atoms with van der Waals surface area (Å²) in [6, 6.07) is 14.8. The van der Waals surface area contributed by atoms with Crippen LogP contribution in [0.4, 0.5) is 5.69 Å². The zero-order valence-corrected chi connectivity index (χ0v) is 14.8. The number of nitrogens with one attached hydrogen (secondary N) is 2. The minimum atomic E-state index is 0.00722. The highest BCUT2D eigenvalue weighted by Gasteiger charge is 2.27. The van der Waals surface area contributed by atoms with Crippen molar-refractivity contribution < 1.29 is 4.79 Å². The van der Waals surface area contributed by atoms with E-state index in [1.54, 1.807) is 0 Å². The first-order valence-corrected chi connectivity index (χ1v) is 9.24. The highest BCUT2D eigenvalue weighted by molar-refractivity contribution is 5.93. The number of anilines is 1. The minimum absolute atomic E-state index is 0.00722. The zero-order chi connectivity index (χ0) is 17.7. The first-order valence-electron chi connectivity index (χ1n) is 9.24. The van der Waals surface area contributed by atoms with Crippen LogP contribution in [0.25, 0.3) is 11.1 Å². The number of hydrogen-bond donors (Lipinski definition) is 2. The van der Waals surface area contributed by atoms with Gasteiger partial charge in [0, 0.05) is 23.7 Å². The van der Waals surface area contributed by atoms with E-state index in [1.807, 2.05) is 13.0 Å². The van der Waals surface area contributed by atoms with Crippen LogP contribution in [0.3, 0.4) is 0 Å². The van der Waals surface area contributed by atoms with Gasteiger partial charge in [0.25, 0.3) is 0 Å². The Labute approximate surface area is 152 Å². The molecule has 2 N–H and O–H groups in total. The summed E-state index contributed by atoms with van der Waals surface area (Å²) in [6.07, 6.45) is 3.42. The van der Waals surface area contributed by atoms with Crippen LogP contribution in [0.5, 0.6) is 0 Å². The maximum absolute atomic E-state index is 12.8. The molecule has 0 spiro atoms. The molecular formula is C22H21N3O. The van der Waals surface area contributed by atoms with Crippen LogP contribution in [0.2, 0.25) is 0 Å². The SMILES string of the molecule is Cc1nc2c([nH]1)CC(C(=O)Nc1ccc3c(c1)Cc1ccccc1-3)CC2. The Bertz CT molecular complexity index is 1020. The summed E-state index contributed by atoms with van der Waals surface area (Å²) in [5.74, 6) is 1.06. The molecule has 4 nitrogen and oxygen atoms in total. The quantitative estimate of drug-likeness (QED) is 0.577. The van der Waals surface area contributed by atoms with Gasteiger partial charge in [-0.05, 0) is 60.6 Å². The predicted molar refractivity (Wildman–Crippen MR) is 102 cm³/mol. The number of imidazole rings is 1. The molecule has 2 aliphatic carbocycles. The number of aromatic nitrogens is 2. The van der Waals surface area contributed by atoms with Gasteiger partial charge >= 0.3 is 0 Å². The van der Waals surface area contributed by atoms with Gasteiger partial charge in [-0.1, -0.05) is 30.3 Å². The van der Waals surface area contributed by atoms with Gasteiger partial charge in [-0.3, -0.25) is 4.79 Å². The van der Waals surface area contributed by atoms with Crippen molar-refractivity contribution in [2.75, 3.05) is 5.32 Å². The smallest absolute Gasteiger partial charge is 0.227 e. The van der Waals surface area contributed by atoms with Crippen molar-refractivity contribution in [3.63, 3.8) is 0 Å². The standard InChI is InChI=1S/C22H21N3O/c1-13-23-20-9-6-15(12-21(20)24-13)22(26)25-17-7-8-19-16(11-17)10-14-4-2-3-5-18(14)19/h2-5,7-8,11,15H,6,9-10,12H2,1H3,(H,23,24)(H,25,26). The molecule has 0 saturated heterocycles. The summed E-state index contributed by atoms with van der Waals surface area (Å²) >= 11 is 0. The van der Waals surface area contributed by atoms with Crippen molar-refractivity contribution in [2.45, 2.75) is 32.6 Å². The van der Waals surface area contributed by atoms with Crippen molar-refractivity contribution in [1.82, 2.24) is 9.97 Å². The molecule has 1 heterocycles. The number of fused-ring (bicyclic) bond motifs is 4. The first-order chi connectivity index (χ1) is 12.7. The fourth-order valence-electron chi connectivity index (χ4n) is 4.31. The van der Waals surface area contributed by atoms with E-state index in [-0.39, 0.29) is 11.8 Å². The molecular weight excluding hydrogens is 322 g/mol. The van der Waals surface area contributed by atoms with E-state index in [9.17, 15) is 4.79 Å². The van der Waals surface area contributed by atoms with Gasteiger partial charge < -0.3 is 10.3 Å². The van der Waals surface area contributed by atoms with Crippen LogP contribution in [0, 0.1) is 12.8 Å². The third kappa shape index (κ3) is 2.53. The lowest BCUT2D eigenvalue weighted by molar-refractivity contribution is -0.120. The van der Waals surface area contributed by atoms with Crippen LogP contribution < -0.4 is 5.32 Å². The van der Waals surface area contributed by atoms with Crippen molar-refractivity contribution in [3.05, 3.63) is 70.8 Å². The van der Waals surface area contributed by atoms with Gasteiger partial charge in [-0.25, -0.2) is 4.98 Å². The minimum Gasteiger partial charge on any atom is -0.346 e. The zero-order valence-electron chi connectivity index (χ0n) is 14.8. The third-order valence-corrected chi connectivity index (χ3v) is 5.59. The summed E-state index contributed by atoms with van der Waals surface area (Å²) < 4.78 is 0. The second-order valence-corrected chi connectivity index (χ2v) is 7.38. The molecule has 0 radical (unpaired) electrons. The lowest BCUT2D eigenvalue weighted by atomic mass is 9.89. The van der Waals surface area contributed by atoms with E-state index in [2.05, 4.69) is 51.7 Å². The Hall–Kier alpha value is -2.88. The maximum Gasteiger partial charge on any atom is 0.227 e. The summed E-state index contributed by atoms with van der Waals surface area (Å²) in [5, 5.41) is 3.13. The number of benzene rings is 2. The summed E-state index contributed by atoms with van der Waals surface area (Å²) in [4.78, 5) is 20.6. The average Bonchev–Trinajstić information content (AvgIpc) is 3.19. The van der Waals surface area contributed by atoms with Crippen LogP contribution >= 0.6 is 0 Å². The fraction of sp³-hybridized carbons (Fsp3) is 0.273. The van der Waals surface area contributed by atoms with Gasteiger partial charge in [0.2, 0.25) is 5.91 Å².